The van der Waals surface area contributed by atoms with Crippen molar-refractivity contribution in [1.82, 2.24) is 4.40 Å². The Labute approximate surface area is 131 Å². The van der Waals surface area contributed by atoms with E-state index in [9.17, 15) is 9.00 Å². The number of benzene rings is 1. The third-order valence-corrected chi connectivity index (χ3v) is 4.11. The summed E-state index contributed by atoms with van der Waals surface area (Å²) in [6, 6.07) is 15.1. The molecule has 0 radical (unpaired) electrons. The molecule has 0 unspecified atom stereocenters. The molecular weight excluding hydrogens is 296 g/mol. The lowest BCUT2D eigenvalue weighted by Crippen LogP contribution is -2.13. The number of amides is 1. The van der Waals surface area contributed by atoms with Crippen molar-refractivity contribution < 1.29 is 9.00 Å². The summed E-state index contributed by atoms with van der Waals surface area (Å²) in [5.74, 6) is 0.256. The summed E-state index contributed by atoms with van der Waals surface area (Å²) in [4.78, 5) is 12.4. The molecule has 2 heterocycles. The van der Waals surface area contributed by atoms with Gasteiger partial charge in [-0.25, -0.2) is 0 Å². The van der Waals surface area contributed by atoms with Gasteiger partial charge in [-0.05, 0) is 29.8 Å². The quantitative estimate of drug-likeness (QED) is 0.805. The van der Waals surface area contributed by atoms with Crippen molar-refractivity contribution in [2.24, 2.45) is 0 Å². The highest BCUT2D eigenvalue weighted by molar-refractivity contribution is 7.83. The second kappa shape index (κ2) is 6.15. The van der Waals surface area contributed by atoms with E-state index in [1.165, 1.54) is 0 Å². The third kappa shape index (κ3) is 3.09. The number of hydrogen-bond acceptors (Lipinski definition) is 2. The molecule has 1 N–H and O–H groups in total. The second-order valence-corrected chi connectivity index (χ2v) is 6.53. The molecule has 1 aromatic carbocycles. The summed E-state index contributed by atoms with van der Waals surface area (Å²) in [6.45, 7) is 0. The molecule has 1 atom stereocenters. The minimum atomic E-state index is -0.954. The van der Waals surface area contributed by atoms with E-state index in [0.29, 0.717) is 17.0 Å². The van der Waals surface area contributed by atoms with E-state index in [-0.39, 0.29) is 5.91 Å². The standard InChI is InChI=1S/C17H16N2O2S/c1-22(21)12-13-6-2-3-8-16(13)18-17(20)14-10-15-7-4-5-9-19(15)11-14/h2-11H,12H2,1H3,(H,18,20)/t22-/m1/s1. The van der Waals surface area contributed by atoms with Crippen LogP contribution < -0.4 is 5.32 Å². The van der Waals surface area contributed by atoms with Crippen molar-refractivity contribution in [2.75, 3.05) is 11.6 Å². The Balaban J connectivity index is 1.86. The Hall–Kier alpha value is -2.40. The number of aromatic nitrogens is 1. The Morgan fingerprint density at radius 1 is 1.18 bits per heavy atom. The van der Waals surface area contributed by atoms with E-state index >= 15 is 0 Å². The van der Waals surface area contributed by atoms with Crippen LogP contribution in [0, 0.1) is 0 Å². The highest BCUT2D eigenvalue weighted by atomic mass is 32.2. The fraction of sp³-hybridized carbons (Fsp3) is 0.118. The summed E-state index contributed by atoms with van der Waals surface area (Å²) in [7, 11) is -0.954. The molecule has 3 rings (SSSR count). The highest BCUT2D eigenvalue weighted by Gasteiger charge is 2.11. The summed E-state index contributed by atoms with van der Waals surface area (Å²) in [5.41, 5.74) is 3.15. The fourth-order valence-corrected chi connectivity index (χ4v) is 3.05. The number of rotatable bonds is 4. The van der Waals surface area contributed by atoms with E-state index < -0.39 is 10.8 Å². The minimum absolute atomic E-state index is 0.168. The Bertz CT molecular complexity index is 821. The van der Waals surface area contributed by atoms with Crippen LogP contribution in [0.15, 0.2) is 60.9 Å². The van der Waals surface area contributed by atoms with Gasteiger partial charge in [-0.1, -0.05) is 24.3 Å². The average molecular weight is 312 g/mol. The first kappa shape index (κ1) is 14.5. The van der Waals surface area contributed by atoms with Gasteiger partial charge in [0.25, 0.3) is 5.91 Å². The van der Waals surface area contributed by atoms with Crippen LogP contribution in [-0.2, 0) is 16.6 Å². The maximum Gasteiger partial charge on any atom is 0.257 e. The van der Waals surface area contributed by atoms with Gasteiger partial charge in [0.05, 0.1) is 11.3 Å². The number of carbonyl (C=O) groups excluding carboxylic acids is 1. The molecule has 0 fully saturated rings. The zero-order chi connectivity index (χ0) is 15.5. The third-order valence-electron chi connectivity index (χ3n) is 3.39. The largest absolute Gasteiger partial charge is 0.323 e. The van der Waals surface area contributed by atoms with Gasteiger partial charge >= 0.3 is 0 Å². The Morgan fingerprint density at radius 3 is 2.73 bits per heavy atom. The van der Waals surface area contributed by atoms with Gasteiger partial charge in [-0.15, -0.1) is 0 Å². The van der Waals surface area contributed by atoms with E-state index in [1.807, 2.05) is 59.1 Å². The minimum Gasteiger partial charge on any atom is -0.323 e. The van der Waals surface area contributed by atoms with Crippen molar-refractivity contribution >= 4 is 27.9 Å². The molecule has 0 aliphatic rings. The average Bonchev–Trinajstić information content (AvgIpc) is 2.93. The second-order valence-electron chi connectivity index (χ2n) is 5.09. The van der Waals surface area contributed by atoms with E-state index in [4.69, 9.17) is 0 Å². The van der Waals surface area contributed by atoms with Crippen LogP contribution in [0.1, 0.15) is 15.9 Å². The predicted molar refractivity (Wildman–Crippen MR) is 89.6 cm³/mol. The molecule has 2 aromatic heterocycles. The van der Waals surface area contributed by atoms with Gasteiger partial charge < -0.3 is 9.72 Å². The van der Waals surface area contributed by atoms with Gasteiger partial charge in [-0.2, -0.15) is 0 Å². The zero-order valence-corrected chi connectivity index (χ0v) is 13.0. The lowest BCUT2D eigenvalue weighted by molar-refractivity contribution is 0.102. The molecule has 4 nitrogen and oxygen atoms in total. The molecule has 22 heavy (non-hydrogen) atoms. The maximum atomic E-state index is 12.4. The van der Waals surface area contributed by atoms with Gasteiger partial charge in [-0.3, -0.25) is 9.00 Å². The van der Waals surface area contributed by atoms with Gasteiger partial charge in [0.15, 0.2) is 0 Å². The molecule has 0 aliphatic heterocycles. The number of nitrogens with one attached hydrogen (secondary N) is 1. The summed E-state index contributed by atoms with van der Waals surface area (Å²) >= 11 is 0. The molecule has 5 heteroatoms. The highest BCUT2D eigenvalue weighted by Crippen LogP contribution is 2.18. The summed E-state index contributed by atoms with van der Waals surface area (Å²) in [5, 5.41) is 2.91. The van der Waals surface area contributed by atoms with Crippen LogP contribution in [0.5, 0.6) is 0 Å². The van der Waals surface area contributed by atoms with Crippen LogP contribution in [-0.4, -0.2) is 20.8 Å². The fourth-order valence-electron chi connectivity index (χ4n) is 2.36. The molecule has 0 aliphatic carbocycles. The smallest absolute Gasteiger partial charge is 0.257 e. The summed E-state index contributed by atoms with van der Waals surface area (Å²) < 4.78 is 13.3. The topological polar surface area (TPSA) is 50.6 Å². The van der Waals surface area contributed by atoms with Crippen molar-refractivity contribution in [3.05, 3.63) is 72.1 Å². The van der Waals surface area contributed by atoms with Crippen molar-refractivity contribution in [3.63, 3.8) is 0 Å². The molecule has 0 saturated carbocycles. The summed E-state index contributed by atoms with van der Waals surface area (Å²) in [6.07, 6.45) is 5.35. The number of fused-ring (bicyclic) bond motifs is 1. The molecule has 3 aromatic rings. The van der Waals surface area contributed by atoms with Crippen LogP contribution in [0.25, 0.3) is 5.52 Å². The van der Waals surface area contributed by atoms with Crippen LogP contribution >= 0.6 is 0 Å². The van der Waals surface area contributed by atoms with Gasteiger partial charge in [0, 0.05) is 40.7 Å². The van der Waals surface area contributed by atoms with Crippen molar-refractivity contribution in [3.8, 4) is 0 Å². The van der Waals surface area contributed by atoms with Crippen molar-refractivity contribution in [2.45, 2.75) is 5.75 Å². The molecule has 0 bridgehead atoms. The number of pyridine rings is 1. The van der Waals surface area contributed by atoms with E-state index in [0.717, 1.165) is 11.1 Å². The van der Waals surface area contributed by atoms with Crippen LogP contribution in [0.2, 0.25) is 0 Å². The lowest BCUT2D eigenvalue weighted by Gasteiger charge is -2.09. The van der Waals surface area contributed by atoms with Gasteiger partial charge in [0.1, 0.15) is 0 Å². The number of nitrogens with zero attached hydrogens (tertiary/aromatic N) is 1. The van der Waals surface area contributed by atoms with Crippen molar-refractivity contribution in [1.29, 1.82) is 0 Å². The number of para-hydroxylation sites is 1. The lowest BCUT2D eigenvalue weighted by atomic mass is 10.2. The number of carbonyl (C=O) groups is 1. The van der Waals surface area contributed by atoms with Crippen LogP contribution in [0.3, 0.4) is 0 Å². The number of hydrogen-bond donors (Lipinski definition) is 1. The first-order valence-corrected chi connectivity index (χ1v) is 8.62. The molecule has 0 saturated heterocycles. The SMILES string of the molecule is C[S@@](=O)Cc1ccccc1NC(=O)c1cc2ccccn2c1. The molecule has 1 amide bonds. The Kier molecular flexibility index (Phi) is 4.06. The van der Waals surface area contributed by atoms with E-state index in [1.54, 1.807) is 12.5 Å². The van der Waals surface area contributed by atoms with Gasteiger partial charge in [0.2, 0.25) is 0 Å². The Morgan fingerprint density at radius 2 is 1.95 bits per heavy atom. The zero-order valence-electron chi connectivity index (χ0n) is 12.2. The number of anilines is 1. The maximum absolute atomic E-state index is 12.4. The predicted octanol–water partition coefficient (Wildman–Crippen LogP) is 3.07. The van der Waals surface area contributed by atoms with Crippen LogP contribution in [0.4, 0.5) is 5.69 Å². The van der Waals surface area contributed by atoms with E-state index in [2.05, 4.69) is 5.32 Å². The molecule has 112 valence electrons. The first-order chi connectivity index (χ1) is 10.6. The normalized spacial score (nSPS) is 12.2. The monoisotopic (exact) mass is 312 g/mol. The molecular formula is C17H16N2O2S. The first-order valence-electron chi connectivity index (χ1n) is 6.89. The molecule has 0 spiro atoms.